The third-order valence-electron chi connectivity index (χ3n) is 8.82. The van der Waals surface area contributed by atoms with Crippen molar-refractivity contribution in [2.24, 2.45) is 0 Å². The molecule has 0 spiro atoms. The van der Waals surface area contributed by atoms with Crippen molar-refractivity contribution in [3.05, 3.63) is 107 Å². The Labute approximate surface area is 193 Å². The van der Waals surface area contributed by atoms with Crippen molar-refractivity contribution in [2.75, 3.05) is 0 Å². The molecule has 0 nitrogen and oxygen atoms in total. The third-order valence-corrected chi connectivity index (χ3v) is 47.4. The van der Waals surface area contributed by atoms with E-state index >= 15 is 0 Å². The van der Waals surface area contributed by atoms with Crippen LogP contribution in [0.4, 0.5) is 0 Å². The van der Waals surface area contributed by atoms with Crippen LogP contribution in [-0.4, -0.2) is 5.43 Å². The van der Waals surface area contributed by atoms with E-state index in [0.29, 0.717) is 0 Å². The first-order valence-corrected chi connectivity index (χ1v) is 25.4. The number of hydrogen-bond donors (Lipinski definition) is 0. The summed E-state index contributed by atoms with van der Waals surface area (Å²) < 4.78 is 8.99. The Kier molecular flexibility index (Phi) is 4.49. The summed E-state index contributed by atoms with van der Waals surface area (Å²) in [4.78, 5) is 0. The second kappa shape index (κ2) is 6.99. The summed E-state index contributed by atoms with van der Waals surface area (Å²) >= 11 is -3.56. The summed E-state index contributed by atoms with van der Waals surface area (Å²) in [6.07, 6.45) is 2.19. The van der Waals surface area contributed by atoms with Crippen LogP contribution in [0, 0.1) is 0 Å². The first kappa shape index (κ1) is 20.6. The minimum absolute atomic E-state index is 0.580. The van der Waals surface area contributed by atoms with Gasteiger partial charge in [-0.2, -0.15) is 0 Å². The first-order valence-electron chi connectivity index (χ1n) is 11.8. The summed E-state index contributed by atoms with van der Waals surface area (Å²) in [6, 6.07) is 32.6. The zero-order valence-corrected chi connectivity index (χ0v) is 23.0. The fraction of sp³-hybridized carbons (Fsp3) is 0.200. The van der Waals surface area contributed by atoms with Gasteiger partial charge in [-0.05, 0) is 0 Å². The molecule has 0 amide bonds. The van der Waals surface area contributed by atoms with Gasteiger partial charge in [-0.3, -0.25) is 0 Å². The van der Waals surface area contributed by atoms with Gasteiger partial charge in [-0.15, -0.1) is 0 Å². The molecule has 2 heteroatoms. The van der Waals surface area contributed by atoms with Gasteiger partial charge >= 0.3 is 194 Å². The maximum absolute atomic E-state index is 3.56. The molecular weight excluding hydrogens is 480 g/mol. The Bertz CT molecular complexity index is 1390. The van der Waals surface area contributed by atoms with Crippen molar-refractivity contribution in [3.63, 3.8) is 0 Å². The van der Waals surface area contributed by atoms with Crippen LogP contribution in [0.3, 0.4) is 0 Å². The molecule has 2 aliphatic rings. The molecule has 0 unspecified atom stereocenters. The summed E-state index contributed by atoms with van der Waals surface area (Å²) in [6.45, 7) is 5.19. The molecule has 0 saturated carbocycles. The van der Waals surface area contributed by atoms with Crippen molar-refractivity contribution >= 4 is 12.0 Å². The SMILES string of the molecule is C[Si](C)=[Zr]([CH3])([CH3])([c]1cccc2c1Cc1ccccc1-2)[c]1cccc2c1Cc1ccccc1-2. The molecule has 0 aromatic heterocycles. The Morgan fingerprint density at radius 1 is 0.531 bits per heavy atom. The maximum atomic E-state index is 2.76. The molecule has 4 aromatic carbocycles. The molecule has 0 N–H and O–H groups in total. The predicted molar refractivity (Wildman–Crippen MR) is 138 cm³/mol. The average molecular weight is 510 g/mol. The number of hydrogen-bond acceptors (Lipinski definition) is 0. The fourth-order valence-corrected chi connectivity index (χ4v) is 27.4. The van der Waals surface area contributed by atoms with Crippen LogP contribution in [-0.2, 0) is 30.2 Å². The van der Waals surface area contributed by atoms with Crippen molar-refractivity contribution < 1.29 is 17.4 Å². The molecule has 0 radical (unpaired) electrons. The number of rotatable bonds is 2. The topological polar surface area (TPSA) is 0 Å². The normalized spacial score (nSPS) is 13.9. The van der Waals surface area contributed by atoms with Gasteiger partial charge in [0.25, 0.3) is 0 Å². The van der Waals surface area contributed by atoms with E-state index < -0.39 is 22.8 Å². The van der Waals surface area contributed by atoms with Crippen LogP contribution in [0.5, 0.6) is 0 Å². The van der Waals surface area contributed by atoms with Gasteiger partial charge in [0.15, 0.2) is 0 Å². The van der Waals surface area contributed by atoms with Crippen LogP contribution in [0.15, 0.2) is 84.9 Å². The van der Waals surface area contributed by atoms with Crippen LogP contribution >= 0.6 is 0 Å². The molecule has 0 heterocycles. The minimum atomic E-state index is -3.56. The van der Waals surface area contributed by atoms with Crippen LogP contribution in [0.1, 0.15) is 22.3 Å². The van der Waals surface area contributed by atoms with E-state index in [1.165, 1.54) is 33.4 Å². The van der Waals surface area contributed by atoms with Crippen molar-refractivity contribution in [3.8, 4) is 22.3 Å². The average Bonchev–Trinajstić information content (AvgIpc) is 3.37. The molecule has 158 valence electrons. The van der Waals surface area contributed by atoms with Crippen molar-refractivity contribution in [1.29, 1.82) is 0 Å². The Morgan fingerprint density at radius 3 is 1.38 bits per heavy atom. The standard InChI is InChI=1S/2C13H9.C2H6Si.2CH3.Zr/c2*1-3-7-12-10(5-1)9-11-6-2-4-8-13(11)12;1-3-2;;;/h2*1-5,7-8H,9H2;1-2H3;2*1H3;. The van der Waals surface area contributed by atoms with Gasteiger partial charge in [0.2, 0.25) is 0 Å². The summed E-state index contributed by atoms with van der Waals surface area (Å²) in [5, 5.41) is 0. The van der Waals surface area contributed by atoms with Crippen molar-refractivity contribution in [2.45, 2.75) is 35.2 Å². The zero-order valence-electron chi connectivity index (χ0n) is 19.5. The Morgan fingerprint density at radius 2 is 0.938 bits per heavy atom. The van der Waals surface area contributed by atoms with Gasteiger partial charge in [-0.25, -0.2) is 0 Å². The first-order chi connectivity index (χ1) is 15.4. The Hall–Kier alpha value is -2.02. The molecule has 0 saturated heterocycles. The molecule has 0 fully saturated rings. The van der Waals surface area contributed by atoms with Crippen LogP contribution < -0.4 is 6.54 Å². The van der Waals surface area contributed by atoms with Crippen LogP contribution in [0.25, 0.3) is 22.3 Å². The molecule has 0 aliphatic heterocycles. The van der Waals surface area contributed by atoms with Crippen molar-refractivity contribution in [1.82, 2.24) is 0 Å². The molecule has 0 atom stereocenters. The molecule has 4 aromatic rings. The second-order valence-corrected chi connectivity index (χ2v) is 43.3. The van der Waals surface area contributed by atoms with Gasteiger partial charge in [-0.1, -0.05) is 0 Å². The van der Waals surface area contributed by atoms with E-state index in [1.807, 2.05) is 0 Å². The number of benzene rings is 4. The van der Waals surface area contributed by atoms with Gasteiger partial charge < -0.3 is 0 Å². The van der Waals surface area contributed by atoms with Gasteiger partial charge in [0, 0.05) is 0 Å². The van der Waals surface area contributed by atoms with E-state index in [2.05, 4.69) is 107 Å². The zero-order chi connectivity index (χ0) is 22.1. The molecule has 2 aliphatic carbocycles. The third kappa shape index (κ3) is 2.63. The predicted octanol–water partition coefficient (Wildman–Crippen LogP) is 6.82. The summed E-state index contributed by atoms with van der Waals surface area (Å²) in [7, 11) is 0. The molecule has 6 rings (SSSR count). The van der Waals surface area contributed by atoms with E-state index in [4.69, 9.17) is 0 Å². The second-order valence-electron chi connectivity index (χ2n) is 10.7. The Balaban J connectivity index is 1.67. The van der Waals surface area contributed by atoms with E-state index in [1.54, 1.807) is 17.7 Å². The monoisotopic (exact) mass is 508 g/mol. The summed E-state index contributed by atoms with van der Waals surface area (Å²) in [5.74, 6) is 0. The summed E-state index contributed by atoms with van der Waals surface area (Å²) in [5.41, 5.74) is 11.6. The number of fused-ring (bicyclic) bond motifs is 6. The fourth-order valence-electron chi connectivity index (χ4n) is 6.40. The van der Waals surface area contributed by atoms with E-state index in [9.17, 15) is 0 Å². The van der Waals surface area contributed by atoms with Gasteiger partial charge in [0.05, 0.1) is 0 Å². The van der Waals surface area contributed by atoms with E-state index in [-0.39, 0.29) is 0 Å². The van der Waals surface area contributed by atoms with E-state index in [0.717, 1.165) is 12.8 Å². The van der Waals surface area contributed by atoms with Crippen LogP contribution in [0.2, 0.25) is 22.4 Å². The van der Waals surface area contributed by atoms with Gasteiger partial charge in [0.1, 0.15) is 0 Å². The molecule has 32 heavy (non-hydrogen) atoms. The molecular formula is C30H30SiZr. The molecule has 0 bridgehead atoms. The quantitative estimate of drug-likeness (QED) is 0.225.